The Morgan fingerprint density at radius 1 is 1.12 bits per heavy atom. The quantitative estimate of drug-likeness (QED) is 0.891. The first-order valence-electron chi connectivity index (χ1n) is 5.71. The molecule has 0 saturated heterocycles. The predicted octanol–water partition coefficient (Wildman–Crippen LogP) is 1.68. The molecule has 1 aromatic rings. The van der Waals surface area contributed by atoms with Gasteiger partial charge in [0, 0.05) is 5.92 Å². The second-order valence-electron chi connectivity index (χ2n) is 4.26. The fraction of sp³-hybridized carbons (Fsp3) is 0.417. The maximum Gasteiger partial charge on any atom is 0.264 e. The maximum atomic E-state index is 11.9. The molecule has 0 spiro atoms. The molecule has 5 heteroatoms. The van der Waals surface area contributed by atoms with E-state index in [9.17, 15) is 13.2 Å². The van der Waals surface area contributed by atoms with Crippen molar-refractivity contribution in [3.63, 3.8) is 0 Å². The molecular formula is C12H15NO3S. The zero-order valence-electron chi connectivity index (χ0n) is 9.43. The molecule has 1 aromatic carbocycles. The molecule has 0 aliphatic heterocycles. The number of amides is 1. The predicted molar refractivity (Wildman–Crippen MR) is 63.7 cm³/mol. The molecule has 2 rings (SSSR count). The first-order valence-corrected chi connectivity index (χ1v) is 7.19. The number of sulfonamides is 1. The monoisotopic (exact) mass is 253 g/mol. The molecule has 1 fully saturated rings. The van der Waals surface area contributed by atoms with Crippen LogP contribution in [0.1, 0.15) is 25.7 Å². The summed E-state index contributed by atoms with van der Waals surface area (Å²) in [5.74, 6) is -0.514. The second-order valence-corrected chi connectivity index (χ2v) is 5.95. The van der Waals surface area contributed by atoms with Crippen molar-refractivity contribution in [2.45, 2.75) is 30.6 Å². The van der Waals surface area contributed by atoms with E-state index >= 15 is 0 Å². The summed E-state index contributed by atoms with van der Waals surface area (Å²) in [6.07, 6.45) is 3.58. The van der Waals surface area contributed by atoms with Crippen LogP contribution in [0.5, 0.6) is 0 Å². The topological polar surface area (TPSA) is 63.2 Å². The zero-order chi connectivity index (χ0) is 12.3. The third-order valence-corrected chi connectivity index (χ3v) is 4.38. The van der Waals surface area contributed by atoms with Gasteiger partial charge in [-0.15, -0.1) is 0 Å². The van der Waals surface area contributed by atoms with Gasteiger partial charge in [0.25, 0.3) is 10.0 Å². The fourth-order valence-electron chi connectivity index (χ4n) is 2.06. The van der Waals surface area contributed by atoms with Crippen LogP contribution in [-0.4, -0.2) is 14.3 Å². The van der Waals surface area contributed by atoms with Gasteiger partial charge >= 0.3 is 0 Å². The molecular weight excluding hydrogens is 238 g/mol. The van der Waals surface area contributed by atoms with E-state index in [1.54, 1.807) is 18.2 Å². The van der Waals surface area contributed by atoms with Gasteiger partial charge in [0.1, 0.15) is 0 Å². The van der Waals surface area contributed by atoms with E-state index in [-0.39, 0.29) is 16.7 Å². The molecule has 1 N–H and O–H groups in total. The number of nitrogens with one attached hydrogen (secondary N) is 1. The molecule has 4 nitrogen and oxygen atoms in total. The number of carbonyl (C=O) groups is 1. The molecule has 0 aromatic heterocycles. The standard InChI is InChI=1S/C12H15NO3S/c14-12(10-6-4-5-7-10)13-17(15,16)11-8-2-1-3-9-11/h1-3,8-10H,4-7H2,(H,13,14). The number of benzene rings is 1. The molecule has 0 heterocycles. The Labute approximate surface area is 101 Å². The highest BCUT2D eigenvalue weighted by atomic mass is 32.2. The Bertz CT molecular complexity index is 490. The second kappa shape index (κ2) is 4.87. The van der Waals surface area contributed by atoms with Crippen LogP contribution in [0, 0.1) is 5.92 Å². The summed E-state index contributed by atoms with van der Waals surface area (Å²) in [5.41, 5.74) is 0. The van der Waals surface area contributed by atoms with Gasteiger partial charge in [0.15, 0.2) is 0 Å². The van der Waals surface area contributed by atoms with Gasteiger partial charge in [-0.3, -0.25) is 4.79 Å². The summed E-state index contributed by atoms with van der Waals surface area (Å²) >= 11 is 0. The molecule has 1 aliphatic rings. The van der Waals surface area contributed by atoms with E-state index in [2.05, 4.69) is 4.72 Å². The minimum atomic E-state index is -3.70. The van der Waals surface area contributed by atoms with E-state index in [0.717, 1.165) is 25.7 Å². The average molecular weight is 253 g/mol. The first-order chi connectivity index (χ1) is 8.09. The number of hydrogen-bond donors (Lipinski definition) is 1. The van der Waals surface area contributed by atoms with E-state index < -0.39 is 10.0 Å². The van der Waals surface area contributed by atoms with Crippen molar-refractivity contribution in [2.75, 3.05) is 0 Å². The summed E-state index contributed by atoms with van der Waals surface area (Å²) < 4.78 is 25.9. The zero-order valence-corrected chi connectivity index (χ0v) is 10.2. The van der Waals surface area contributed by atoms with E-state index in [1.807, 2.05) is 0 Å². The normalized spacial score (nSPS) is 16.9. The van der Waals surface area contributed by atoms with Gasteiger partial charge in [0.05, 0.1) is 4.90 Å². The summed E-state index contributed by atoms with van der Waals surface area (Å²) in [6.45, 7) is 0. The first kappa shape index (κ1) is 12.1. The number of rotatable bonds is 3. The summed E-state index contributed by atoms with van der Waals surface area (Å²) in [5, 5.41) is 0. The lowest BCUT2D eigenvalue weighted by atomic mass is 10.1. The van der Waals surface area contributed by atoms with Crippen LogP contribution in [0.25, 0.3) is 0 Å². The van der Waals surface area contributed by atoms with Crippen LogP contribution in [0.15, 0.2) is 35.2 Å². The molecule has 0 radical (unpaired) electrons. The summed E-state index contributed by atoms with van der Waals surface area (Å²) in [4.78, 5) is 11.9. The Morgan fingerprint density at radius 3 is 2.29 bits per heavy atom. The van der Waals surface area contributed by atoms with Crippen LogP contribution in [-0.2, 0) is 14.8 Å². The van der Waals surface area contributed by atoms with Gasteiger partial charge in [-0.05, 0) is 25.0 Å². The SMILES string of the molecule is O=C(NS(=O)(=O)c1ccccc1)C1CCCC1. The molecule has 0 atom stereocenters. The average Bonchev–Trinajstić information content (AvgIpc) is 2.83. The molecule has 0 bridgehead atoms. The smallest absolute Gasteiger partial charge is 0.264 e. The third kappa shape index (κ3) is 2.85. The largest absolute Gasteiger partial charge is 0.274 e. The highest BCUT2D eigenvalue weighted by molar-refractivity contribution is 7.90. The molecule has 92 valence electrons. The van der Waals surface area contributed by atoms with E-state index in [1.165, 1.54) is 12.1 Å². The van der Waals surface area contributed by atoms with E-state index in [0.29, 0.717) is 0 Å². The molecule has 1 saturated carbocycles. The molecule has 17 heavy (non-hydrogen) atoms. The van der Waals surface area contributed by atoms with Gasteiger partial charge in [-0.25, -0.2) is 13.1 Å². The number of carbonyl (C=O) groups excluding carboxylic acids is 1. The van der Waals surface area contributed by atoms with Crippen molar-refractivity contribution in [1.29, 1.82) is 0 Å². The Morgan fingerprint density at radius 2 is 1.71 bits per heavy atom. The van der Waals surface area contributed by atoms with Crippen molar-refractivity contribution in [3.8, 4) is 0 Å². The lowest BCUT2D eigenvalue weighted by Crippen LogP contribution is -2.34. The van der Waals surface area contributed by atoms with Gasteiger partial charge in [-0.1, -0.05) is 31.0 Å². The minimum Gasteiger partial charge on any atom is -0.274 e. The Balaban J connectivity index is 2.10. The van der Waals surface area contributed by atoms with Gasteiger partial charge in [0.2, 0.25) is 5.91 Å². The number of hydrogen-bond acceptors (Lipinski definition) is 3. The van der Waals surface area contributed by atoms with Crippen molar-refractivity contribution in [2.24, 2.45) is 5.92 Å². The van der Waals surface area contributed by atoms with Gasteiger partial charge in [-0.2, -0.15) is 0 Å². The minimum absolute atomic E-state index is 0.131. The van der Waals surface area contributed by atoms with Crippen LogP contribution in [0.3, 0.4) is 0 Å². The van der Waals surface area contributed by atoms with Crippen LogP contribution in [0.4, 0.5) is 0 Å². The van der Waals surface area contributed by atoms with Crippen LogP contribution < -0.4 is 4.72 Å². The fourth-order valence-corrected chi connectivity index (χ4v) is 3.13. The highest BCUT2D eigenvalue weighted by Crippen LogP contribution is 2.25. The lowest BCUT2D eigenvalue weighted by molar-refractivity contribution is -0.122. The van der Waals surface area contributed by atoms with E-state index in [4.69, 9.17) is 0 Å². The lowest BCUT2D eigenvalue weighted by Gasteiger charge is -2.10. The molecule has 0 unspecified atom stereocenters. The van der Waals surface area contributed by atoms with Crippen LogP contribution >= 0.6 is 0 Å². The summed E-state index contributed by atoms with van der Waals surface area (Å²) in [7, 11) is -3.70. The van der Waals surface area contributed by atoms with Crippen molar-refractivity contribution in [3.05, 3.63) is 30.3 Å². The highest BCUT2D eigenvalue weighted by Gasteiger charge is 2.26. The Kier molecular flexibility index (Phi) is 3.47. The third-order valence-electron chi connectivity index (χ3n) is 3.01. The molecule has 1 amide bonds. The van der Waals surface area contributed by atoms with Crippen molar-refractivity contribution < 1.29 is 13.2 Å². The van der Waals surface area contributed by atoms with Gasteiger partial charge < -0.3 is 0 Å². The summed E-state index contributed by atoms with van der Waals surface area (Å²) in [6, 6.07) is 7.95. The maximum absolute atomic E-state index is 11.9. The van der Waals surface area contributed by atoms with Crippen LogP contribution in [0.2, 0.25) is 0 Å². The van der Waals surface area contributed by atoms with Crippen molar-refractivity contribution >= 4 is 15.9 Å². The Hall–Kier alpha value is -1.36. The van der Waals surface area contributed by atoms with Crippen molar-refractivity contribution in [1.82, 2.24) is 4.72 Å². The molecule has 1 aliphatic carbocycles.